The Hall–Kier alpha value is -2.21. The molecule has 0 bridgehead atoms. The number of anilines is 1. The summed E-state index contributed by atoms with van der Waals surface area (Å²) in [4.78, 5) is 26.4. The topological polar surface area (TPSA) is 79.3 Å². The number of hydrogen-bond donors (Lipinski definition) is 2. The van der Waals surface area contributed by atoms with Gasteiger partial charge in [-0.05, 0) is 30.3 Å². The monoisotopic (exact) mass is 320 g/mol. The van der Waals surface area contributed by atoms with Gasteiger partial charge in [-0.25, -0.2) is 9.78 Å². The van der Waals surface area contributed by atoms with Gasteiger partial charge in [-0.2, -0.15) is 0 Å². The Balaban J connectivity index is 2.20. The first kappa shape index (κ1) is 13.2. The number of carboxylic acids is 1. The van der Waals surface area contributed by atoms with Crippen molar-refractivity contribution in [3.63, 3.8) is 0 Å². The summed E-state index contributed by atoms with van der Waals surface area (Å²) in [6.45, 7) is 0. The van der Waals surface area contributed by atoms with Crippen molar-refractivity contribution in [2.24, 2.45) is 0 Å². The summed E-state index contributed by atoms with van der Waals surface area (Å²) in [5, 5.41) is 11.5. The fourth-order valence-electron chi connectivity index (χ4n) is 1.46. The molecule has 0 saturated heterocycles. The second-order valence-corrected chi connectivity index (χ2v) is 4.62. The molecule has 1 heterocycles. The zero-order valence-electron chi connectivity index (χ0n) is 9.63. The maximum atomic E-state index is 12.0. The van der Waals surface area contributed by atoms with Gasteiger partial charge in [0.2, 0.25) is 0 Å². The molecule has 0 unspecified atom stereocenters. The van der Waals surface area contributed by atoms with Crippen LogP contribution in [0.1, 0.15) is 20.8 Å². The van der Waals surface area contributed by atoms with Crippen LogP contribution >= 0.6 is 15.9 Å². The first-order valence-corrected chi connectivity index (χ1v) is 6.12. The van der Waals surface area contributed by atoms with Crippen molar-refractivity contribution < 1.29 is 14.7 Å². The van der Waals surface area contributed by atoms with Gasteiger partial charge in [0.15, 0.2) is 0 Å². The van der Waals surface area contributed by atoms with Crippen LogP contribution in [0.3, 0.4) is 0 Å². The van der Waals surface area contributed by atoms with E-state index >= 15 is 0 Å². The van der Waals surface area contributed by atoms with Gasteiger partial charge in [-0.1, -0.05) is 22.0 Å². The number of hydrogen-bond acceptors (Lipinski definition) is 3. The van der Waals surface area contributed by atoms with Crippen LogP contribution in [0.25, 0.3) is 0 Å². The maximum absolute atomic E-state index is 12.0. The number of rotatable bonds is 3. The van der Waals surface area contributed by atoms with Gasteiger partial charge in [0.05, 0.1) is 0 Å². The van der Waals surface area contributed by atoms with E-state index < -0.39 is 5.97 Å². The van der Waals surface area contributed by atoms with Crippen LogP contribution in [0.4, 0.5) is 5.69 Å². The highest BCUT2D eigenvalue weighted by atomic mass is 79.9. The standard InChI is InChI=1S/C13H9BrN2O3/c14-9-2-1-3-10(7-9)16-12(17)8-4-5-15-11(6-8)13(18)19/h1-7H,(H,16,17)(H,18,19). The van der Waals surface area contributed by atoms with E-state index in [0.717, 1.165) is 4.47 Å². The molecule has 0 atom stereocenters. The third-order valence-electron chi connectivity index (χ3n) is 2.32. The van der Waals surface area contributed by atoms with Crippen molar-refractivity contribution in [2.75, 3.05) is 5.32 Å². The molecule has 0 aliphatic rings. The number of benzene rings is 1. The summed E-state index contributed by atoms with van der Waals surface area (Å²) in [5.74, 6) is -1.56. The van der Waals surface area contributed by atoms with E-state index in [0.29, 0.717) is 5.69 Å². The highest BCUT2D eigenvalue weighted by Gasteiger charge is 2.10. The van der Waals surface area contributed by atoms with Crippen LogP contribution in [0.15, 0.2) is 47.1 Å². The molecule has 1 aromatic carbocycles. The van der Waals surface area contributed by atoms with Crippen molar-refractivity contribution in [3.05, 3.63) is 58.3 Å². The Morgan fingerprint density at radius 2 is 2.00 bits per heavy atom. The minimum absolute atomic E-state index is 0.165. The molecule has 5 nitrogen and oxygen atoms in total. The molecule has 1 aromatic heterocycles. The van der Waals surface area contributed by atoms with Crippen molar-refractivity contribution in [3.8, 4) is 0 Å². The number of halogens is 1. The van der Waals surface area contributed by atoms with E-state index in [1.165, 1.54) is 18.3 Å². The maximum Gasteiger partial charge on any atom is 0.354 e. The average Bonchev–Trinajstić information content (AvgIpc) is 2.39. The first-order chi connectivity index (χ1) is 9.06. The predicted molar refractivity (Wildman–Crippen MR) is 73.3 cm³/mol. The van der Waals surface area contributed by atoms with Gasteiger partial charge in [0, 0.05) is 21.9 Å². The third kappa shape index (κ3) is 3.38. The van der Waals surface area contributed by atoms with Gasteiger partial charge in [0.25, 0.3) is 5.91 Å². The van der Waals surface area contributed by atoms with E-state index in [-0.39, 0.29) is 17.2 Å². The number of carbonyl (C=O) groups is 2. The summed E-state index contributed by atoms with van der Waals surface area (Å²) >= 11 is 3.30. The van der Waals surface area contributed by atoms with E-state index in [1.54, 1.807) is 18.2 Å². The minimum atomic E-state index is -1.17. The second kappa shape index (κ2) is 5.62. The number of aromatic nitrogens is 1. The minimum Gasteiger partial charge on any atom is -0.477 e. The lowest BCUT2D eigenvalue weighted by Gasteiger charge is -2.05. The summed E-state index contributed by atoms with van der Waals surface area (Å²) < 4.78 is 0.839. The van der Waals surface area contributed by atoms with Crippen LogP contribution in [0.5, 0.6) is 0 Å². The Bertz CT molecular complexity index is 643. The zero-order valence-corrected chi connectivity index (χ0v) is 11.2. The van der Waals surface area contributed by atoms with E-state index in [1.807, 2.05) is 6.07 Å². The lowest BCUT2D eigenvalue weighted by atomic mass is 10.2. The van der Waals surface area contributed by atoms with Gasteiger partial charge in [-0.3, -0.25) is 4.79 Å². The van der Waals surface area contributed by atoms with Crippen molar-refractivity contribution in [1.29, 1.82) is 0 Å². The first-order valence-electron chi connectivity index (χ1n) is 5.32. The summed E-state index contributed by atoms with van der Waals surface area (Å²) in [6.07, 6.45) is 1.29. The zero-order chi connectivity index (χ0) is 13.8. The SMILES string of the molecule is O=C(Nc1cccc(Br)c1)c1ccnc(C(=O)O)c1. The molecule has 0 aliphatic heterocycles. The molecule has 6 heteroatoms. The van der Waals surface area contributed by atoms with Gasteiger partial charge < -0.3 is 10.4 Å². The highest BCUT2D eigenvalue weighted by molar-refractivity contribution is 9.10. The number of amides is 1. The summed E-state index contributed by atoms with van der Waals surface area (Å²) in [7, 11) is 0. The molecule has 2 rings (SSSR count). The van der Waals surface area contributed by atoms with Gasteiger partial charge in [-0.15, -0.1) is 0 Å². The van der Waals surface area contributed by atoms with Crippen LogP contribution in [-0.4, -0.2) is 22.0 Å². The molecule has 0 saturated carbocycles. The van der Waals surface area contributed by atoms with Gasteiger partial charge in [0.1, 0.15) is 5.69 Å². The average molecular weight is 321 g/mol. The number of nitrogens with one attached hydrogen (secondary N) is 1. The van der Waals surface area contributed by atoms with Crippen LogP contribution in [0, 0.1) is 0 Å². The largest absolute Gasteiger partial charge is 0.477 e. The Kier molecular flexibility index (Phi) is 3.91. The lowest BCUT2D eigenvalue weighted by Crippen LogP contribution is -2.13. The molecular formula is C13H9BrN2O3. The fraction of sp³-hybridized carbons (Fsp3) is 0. The molecule has 0 spiro atoms. The molecule has 2 aromatic rings. The molecule has 0 radical (unpaired) electrons. The van der Waals surface area contributed by atoms with Crippen molar-refractivity contribution in [1.82, 2.24) is 4.98 Å². The smallest absolute Gasteiger partial charge is 0.354 e. The normalized spacial score (nSPS) is 9.95. The number of carbonyl (C=O) groups excluding carboxylic acids is 1. The van der Waals surface area contributed by atoms with Crippen molar-refractivity contribution >= 4 is 33.5 Å². The summed E-state index contributed by atoms with van der Waals surface area (Å²) in [6, 6.07) is 9.80. The van der Waals surface area contributed by atoms with E-state index in [2.05, 4.69) is 26.2 Å². The van der Waals surface area contributed by atoms with E-state index in [4.69, 9.17) is 5.11 Å². The molecule has 19 heavy (non-hydrogen) atoms. The number of carboxylic acid groups (broad SMARTS) is 1. The second-order valence-electron chi connectivity index (χ2n) is 3.70. The van der Waals surface area contributed by atoms with Gasteiger partial charge >= 0.3 is 5.97 Å². The van der Waals surface area contributed by atoms with Crippen LogP contribution < -0.4 is 5.32 Å². The third-order valence-corrected chi connectivity index (χ3v) is 2.82. The Morgan fingerprint density at radius 1 is 1.21 bits per heavy atom. The fourth-order valence-corrected chi connectivity index (χ4v) is 1.86. The molecule has 0 aliphatic carbocycles. The molecule has 2 N–H and O–H groups in total. The summed E-state index contributed by atoms with van der Waals surface area (Å²) in [5.41, 5.74) is 0.697. The molecule has 96 valence electrons. The van der Waals surface area contributed by atoms with Crippen LogP contribution in [-0.2, 0) is 0 Å². The highest BCUT2D eigenvalue weighted by Crippen LogP contribution is 2.16. The van der Waals surface area contributed by atoms with Crippen molar-refractivity contribution in [2.45, 2.75) is 0 Å². The number of aromatic carboxylic acids is 1. The molecule has 0 fully saturated rings. The number of nitrogens with zero attached hydrogens (tertiary/aromatic N) is 1. The Morgan fingerprint density at radius 3 is 2.68 bits per heavy atom. The quantitative estimate of drug-likeness (QED) is 0.911. The van der Waals surface area contributed by atoms with Crippen LogP contribution in [0.2, 0.25) is 0 Å². The Labute approximate surface area is 117 Å². The molecule has 1 amide bonds. The molecular weight excluding hydrogens is 312 g/mol. The van der Waals surface area contributed by atoms with E-state index in [9.17, 15) is 9.59 Å². The number of pyridine rings is 1. The lowest BCUT2D eigenvalue weighted by molar-refractivity contribution is 0.0690. The predicted octanol–water partition coefficient (Wildman–Crippen LogP) is 2.79.